The number of methoxy groups -OCH3 is 1. The second-order valence-corrected chi connectivity index (χ2v) is 11.7. The zero-order valence-corrected chi connectivity index (χ0v) is 23.0. The molecule has 3 aromatic rings. The maximum Gasteiger partial charge on any atom is 0.278 e. The Balaban J connectivity index is 1.58. The summed E-state index contributed by atoms with van der Waals surface area (Å²) in [5.74, 6) is -2.76. The molecule has 2 bridgehead atoms. The molecular formula is C30H27F2N3O5S. The summed E-state index contributed by atoms with van der Waals surface area (Å²) in [7, 11) is 1.60. The standard InChI is InChI=1S/C30H27F2N3O5S/c1-39-14-17-5-2-6-18-25-23-19(15-41-28(17)18)24(32)20(31)13-22(23)40-12-4-10-30(8-3-9-30)33-16-35(25)34-11-7-21(36)27(37)26(34)29(33)38/h2,4-7,10-11,13,25,37H,3,8-9,12,14-16H2,1H3/b10-4+. The maximum atomic E-state index is 15.7. The van der Waals surface area contributed by atoms with Gasteiger partial charge < -0.3 is 19.5 Å². The van der Waals surface area contributed by atoms with Gasteiger partial charge in [-0.15, -0.1) is 11.8 Å². The minimum absolute atomic E-state index is 0.0691. The number of amides is 1. The van der Waals surface area contributed by atoms with E-state index in [1.807, 2.05) is 29.3 Å². The number of rotatable bonds is 2. The first-order valence-electron chi connectivity index (χ1n) is 13.4. The number of ether oxygens (including phenoxy) is 2. The van der Waals surface area contributed by atoms with Crippen molar-refractivity contribution in [1.29, 1.82) is 0 Å². The smallest absolute Gasteiger partial charge is 0.278 e. The molecule has 1 N–H and O–H groups in total. The molecule has 212 valence electrons. The van der Waals surface area contributed by atoms with Crippen molar-refractivity contribution >= 4 is 17.7 Å². The summed E-state index contributed by atoms with van der Waals surface area (Å²) >= 11 is 1.39. The number of nitrogens with zero attached hydrogens (tertiary/aromatic N) is 3. The topological polar surface area (TPSA) is 84.2 Å². The van der Waals surface area contributed by atoms with Gasteiger partial charge in [-0.3, -0.25) is 19.3 Å². The van der Waals surface area contributed by atoms with Crippen molar-refractivity contribution in [3.8, 4) is 11.5 Å². The van der Waals surface area contributed by atoms with Crippen molar-refractivity contribution in [3.63, 3.8) is 0 Å². The molecule has 0 radical (unpaired) electrons. The van der Waals surface area contributed by atoms with Crippen LogP contribution in [0.3, 0.4) is 0 Å². The van der Waals surface area contributed by atoms with Gasteiger partial charge in [0.2, 0.25) is 5.43 Å². The number of aromatic nitrogens is 1. The number of aromatic hydroxyl groups is 1. The van der Waals surface area contributed by atoms with Crippen LogP contribution in [-0.4, -0.2) is 46.5 Å². The van der Waals surface area contributed by atoms with Crippen molar-refractivity contribution in [1.82, 2.24) is 9.58 Å². The van der Waals surface area contributed by atoms with Crippen LogP contribution < -0.4 is 15.2 Å². The third-order valence-electron chi connectivity index (χ3n) is 8.56. The fourth-order valence-corrected chi connectivity index (χ4v) is 7.69. The van der Waals surface area contributed by atoms with Gasteiger partial charge in [-0.2, -0.15) is 0 Å². The molecule has 4 heterocycles. The van der Waals surface area contributed by atoms with Gasteiger partial charge >= 0.3 is 0 Å². The van der Waals surface area contributed by atoms with Crippen molar-refractivity contribution < 1.29 is 28.2 Å². The zero-order valence-electron chi connectivity index (χ0n) is 22.2. The van der Waals surface area contributed by atoms with E-state index >= 15 is 8.78 Å². The van der Waals surface area contributed by atoms with E-state index in [0.29, 0.717) is 25.0 Å². The first kappa shape index (κ1) is 26.1. The SMILES string of the molecule is COCc1cccc2c1SCc1c(F)c(F)cc3c1C2N1CN(C(=O)c2c(O)c(=O)ccn21)C1(/C=C/CO3)CCC1. The van der Waals surface area contributed by atoms with Crippen LogP contribution in [0.2, 0.25) is 0 Å². The van der Waals surface area contributed by atoms with Gasteiger partial charge in [-0.05, 0) is 36.5 Å². The molecule has 1 fully saturated rings. The average molecular weight is 580 g/mol. The molecule has 1 atom stereocenters. The number of halogens is 2. The van der Waals surface area contributed by atoms with Crippen LogP contribution in [0.4, 0.5) is 8.78 Å². The molecule has 1 spiro atoms. The van der Waals surface area contributed by atoms with E-state index in [1.165, 1.54) is 28.7 Å². The molecule has 4 aliphatic rings. The van der Waals surface area contributed by atoms with E-state index in [-0.39, 0.29) is 36.0 Å². The minimum atomic E-state index is -1.01. The fourth-order valence-electron chi connectivity index (χ4n) is 6.46. The largest absolute Gasteiger partial charge is 0.502 e. The number of thioether (sulfide) groups is 1. The Morgan fingerprint density at radius 2 is 2.05 bits per heavy atom. The Bertz CT molecular complexity index is 1690. The second-order valence-electron chi connectivity index (χ2n) is 10.7. The molecule has 0 saturated heterocycles. The highest BCUT2D eigenvalue weighted by atomic mass is 32.2. The lowest BCUT2D eigenvalue weighted by atomic mass is 9.74. The van der Waals surface area contributed by atoms with E-state index in [2.05, 4.69) is 0 Å². The summed E-state index contributed by atoms with van der Waals surface area (Å²) in [6.07, 6.45) is 7.45. The third-order valence-corrected chi connectivity index (χ3v) is 9.78. The van der Waals surface area contributed by atoms with Crippen LogP contribution in [0.25, 0.3) is 0 Å². The Hall–Kier alpha value is -3.83. The maximum absolute atomic E-state index is 15.7. The third kappa shape index (κ3) is 3.82. The Morgan fingerprint density at radius 1 is 1.22 bits per heavy atom. The Kier molecular flexibility index (Phi) is 6.13. The van der Waals surface area contributed by atoms with Gasteiger partial charge in [0.05, 0.1) is 12.1 Å². The molecule has 1 unspecified atom stereocenters. The number of carbonyl (C=O) groups excluding carboxylic acids is 1. The molecule has 1 aliphatic carbocycles. The van der Waals surface area contributed by atoms with Crippen LogP contribution in [0.15, 0.2) is 58.4 Å². The molecule has 1 amide bonds. The first-order chi connectivity index (χ1) is 19.8. The van der Waals surface area contributed by atoms with Crippen molar-refractivity contribution in [3.05, 3.63) is 98.5 Å². The number of carbonyl (C=O) groups is 1. The Morgan fingerprint density at radius 3 is 2.80 bits per heavy atom. The van der Waals surface area contributed by atoms with Crippen LogP contribution in [-0.2, 0) is 17.1 Å². The van der Waals surface area contributed by atoms with Gasteiger partial charge in [-0.25, -0.2) is 8.78 Å². The van der Waals surface area contributed by atoms with E-state index in [4.69, 9.17) is 9.47 Å². The summed E-state index contributed by atoms with van der Waals surface area (Å²) < 4.78 is 43.8. The summed E-state index contributed by atoms with van der Waals surface area (Å²) in [5, 5.41) is 12.8. The monoisotopic (exact) mass is 579 g/mol. The lowest BCUT2D eigenvalue weighted by Crippen LogP contribution is -2.64. The van der Waals surface area contributed by atoms with E-state index in [9.17, 15) is 14.7 Å². The predicted octanol–water partition coefficient (Wildman–Crippen LogP) is 4.60. The summed E-state index contributed by atoms with van der Waals surface area (Å²) in [6, 6.07) is 7.24. The van der Waals surface area contributed by atoms with Gasteiger partial charge in [0.25, 0.3) is 5.91 Å². The summed E-state index contributed by atoms with van der Waals surface area (Å²) in [5.41, 5.74) is 0.759. The molecule has 7 rings (SSSR count). The molecule has 1 aromatic heterocycles. The lowest BCUT2D eigenvalue weighted by molar-refractivity contribution is 0.0255. The fraction of sp³-hybridized carbons (Fsp3) is 0.333. The van der Waals surface area contributed by atoms with Crippen LogP contribution in [0.5, 0.6) is 11.5 Å². The molecule has 1 saturated carbocycles. The highest BCUT2D eigenvalue weighted by Crippen LogP contribution is 2.50. The van der Waals surface area contributed by atoms with Gasteiger partial charge in [0.15, 0.2) is 23.1 Å². The molecular weight excluding hydrogens is 552 g/mol. The lowest BCUT2D eigenvalue weighted by Gasteiger charge is -2.54. The zero-order chi connectivity index (χ0) is 28.5. The van der Waals surface area contributed by atoms with E-state index in [1.54, 1.807) is 18.1 Å². The molecule has 3 aliphatic heterocycles. The Labute approximate surface area is 238 Å². The number of hydrogen-bond acceptors (Lipinski definition) is 7. The van der Waals surface area contributed by atoms with Crippen molar-refractivity contribution in [2.45, 2.75) is 48.1 Å². The average Bonchev–Trinajstić information content (AvgIpc) is 3.12. The molecule has 8 nitrogen and oxygen atoms in total. The molecule has 11 heteroatoms. The number of hydrogen-bond donors (Lipinski definition) is 1. The summed E-state index contributed by atoms with van der Waals surface area (Å²) in [6.45, 7) is 0.467. The van der Waals surface area contributed by atoms with Crippen molar-refractivity contribution in [2.24, 2.45) is 0 Å². The van der Waals surface area contributed by atoms with Gasteiger partial charge in [0, 0.05) is 47.2 Å². The second kappa shape index (κ2) is 9.63. The highest BCUT2D eigenvalue weighted by Gasteiger charge is 2.49. The molecule has 2 aromatic carbocycles. The first-order valence-corrected chi connectivity index (χ1v) is 14.4. The number of fused-ring (bicyclic) bond motifs is 8. The normalized spacial score (nSPS) is 21.0. The molecule has 41 heavy (non-hydrogen) atoms. The van der Waals surface area contributed by atoms with Crippen LogP contribution >= 0.6 is 11.8 Å². The van der Waals surface area contributed by atoms with E-state index < -0.39 is 40.3 Å². The van der Waals surface area contributed by atoms with Crippen molar-refractivity contribution in [2.75, 3.05) is 25.4 Å². The van der Waals surface area contributed by atoms with E-state index in [0.717, 1.165) is 28.5 Å². The number of pyridine rings is 1. The number of benzene rings is 2. The predicted molar refractivity (Wildman–Crippen MR) is 148 cm³/mol. The van der Waals surface area contributed by atoms with Gasteiger partial charge in [0.1, 0.15) is 25.1 Å². The van der Waals surface area contributed by atoms with Crippen LogP contribution in [0.1, 0.15) is 58.0 Å². The van der Waals surface area contributed by atoms with Gasteiger partial charge in [-0.1, -0.05) is 24.3 Å². The quantitative estimate of drug-likeness (QED) is 0.445. The summed E-state index contributed by atoms with van der Waals surface area (Å²) in [4.78, 5) is 29.2. The minimum Gasteiger partial charge on any atom is -0.502 e. The van der Waals surface area contributed by atoms with Crippen LogP contribution in [0, 0.1) is 11.6 Å². The highest BCUT2D eigenvalue weighted by molar-refractivity contribution is 7.98.